The maximum Gasteiger partial charge on any atom is 0.148 e. The summed E-state index contributed by atoms with van der Waals surface area (Å²) in [6.07, 6.45) is 3.27. The van der Waals surface area contributed by atoms with Crippen LogP contribution < -0.4 is 0 Å². The number of hydrogen-bond acceptors (Lipinski definition) is 2. The Bertz CT molecular complexity index is 177. The van der Waals surface area contributed by atoms with E-state index < -0.39 is 0 Å². The second-order valence-corrected chi connectivity index (χ2v) is 4.58. The van der Waals surface area contributed by atoms with E-state index in [1.807, 2.05) is 0 Å². The summed E-state index contributed by atoms with van der Waals surface area (Å²) < 4.78 is 0. The van der Waals surface area contributed by atoms with E-state index in [2.05, 4.69) is 25.7 Å². The number of carbonyl (C=O) groups is 1. The van der Waals surface area contributed by atoms with Crippen molar-refractivity contribution in [2.24, 2.45) is 5.92 Å². The molecule has 1 rings (SSSR count). The number of ketones is 1. The molecule has 0 radical (unpaired) electrons. The molecule has 0 aromatic rings. The lowest BCUT2D eigenvalue weighted by Gasteiger charge is -2.23. The lowest BCUT2D eigenvalue weighted by Crippen LogP contribution is -2.31. The number of likely N-dealkylation sites (tertiary alicyclic amines) is 1. The molecule has 1 heterocycles. The Morgan fingerprint density at radius 3 is 2.46 bits per heavy atom. The normalized spacial score (nSPS) is 21.4. The van der Waals surface area contributed by atoms with Gasteiger partial charge in [-0.3, -0.25) is 9.69 Å². The summed E-state index contributed by atoms with van der Waals surface area (Å²) in [6.45, 7) is 8.42. The summed E-state index contributed by atoms with van der Waals surface area (Å²) in [6, 6.07) is 0.592. The van der Waals surface area contributed by atoms with Crippen molar-refractivity contribution in [3.05, 3.63) is 0 Å². The first-order chi connectivity index (χ1) is 6.09. The molecule has 13 heavy (non-hydrogen) atoms. The molecule has 1 unspecified atom stereocenters. The predicted octanol–water partition coefficient (Wildman–Crippen LogP) is 2.09. The number of Topliss-reactive ketones (excluding diaryl/α,β-unsaturated/α-hetero) is 1. The second kappa shape index (κ2) is 4.75. The first-order valence-electron chi connectivity index (χ1n) is 5.35. The molecule has 0 aromatic carbocycles. The van der Waals surface area contributed by atoms with Crippen LogP contribution in [-0.4, -0.2) is 29.8 Å². The molecule has 0 bridgehead atoms. The third-order valence-electron chi connectivity index (χ3n) is 2.84. The third kappa shape index (κ3) is 3.47. The molecule has 0 aliphatic carbocycles. The largest absolute Gasteiger partial charge is 0.298 e. The Kier molecular flexibility index (Phi) is 3.91. The summed E-state index contributed by atoms with van der Waals surface area (Å²) in [5.41, 5.74) is 0. The van der Waals surface area contributed by atoms with E-state index in [0.29, 0.717) is 18.4 Å². The van der Waals surface area contributed by atoms with Gasteiger partial charge < -0.3 is 0 Å². The first-order valence-corrected chi connectivity index (χ1v) is 5.35. The molecule has 76 valence electrons. The number of carbonyl (C=O) groups excluding carboxylic acids is 1. The molecule has 0 spiro atoms. The number of nitrogens with zero attached hydrogens (tertiary/aromatic N) is 1. The van der Waals surface area contributed by atoms with Crippen LogP contribution in [0.3, 0.4) is 0 Å². The van der Waals surface area contributed by atoms with Crippen LogP contribution in [0.5, 0.6) is 0 Å². The van der Waals surface area contributed by atoms with Gasteiger partial charge in [-0.25, -0.2) is 0 Å². The first kappa shape index (κ1) is 10.7. The third-order valence-corrected chi connectivity index (χ3v) is 2.84. The Hall–Kier alpha value is -0.370. The van der Waals surface area contributed by atoms with Gasteiger partial charge >= 0.3 is 0 Å². The summed E-state index contributed by atoms with van der Waals surface area (Å²) in [5, 5.41) is 0. The Labute approximate surface area is 81.3 Å². The van der Waals surface area contributed by atoms with E-state index in [1.165, 1.54) is 12.8 Å². The van der Waals surface area contributed by atoms with Gasteiger partial charge in [0.05, 0.1) is 6.54 Å². The maximum atomic E-state index is 11.1. The van der Waals surface area contributed by atoms with Crippen LogP contribution in [-0.2, 0) is 4.79 Å². The topological polar surface area (TPSA) is 20.3 Å². The van der Waals surface area contributed by atoms with Crippen molar-refractivity contribution in [2.45, 2.75) is 46.1 Å². The van der Waals surface area contributed by atoms with E-state index >= 15 is 0 Å². The van der Waals surface area contributed by atoms with Crippen LogP contribution in [0.15, 0.2) is 0 Å². The highest BCUT2D eigenvalue weighted by molar-refractivity contribution is 5.82. The smallest absolute Gasteiger partial charge is 0.148 e. The fourth-order valence-electron chi connectivity index (χ4n) is 1.79. The molecule has 0 aromatic heterocycles. The highest BCUT2D eigenvalue weighted by Gasteiger charge is 2.23. The van der Waals surface area contributed by atoms with Crippen molar-refractivity contribution >= 4 is 5.78 Å². The van der Waals surface area contributed by atoms with Crippen molar-refractivity contribution in [1.82, 2.24) is 4.90 Å². The Morgan fingerprint density at radius 2 is 2.00 bits per heavy atom. The molecule has 0 amide bonds. The zero-order valence-corrected chi connectivity index (χ0v) is 9.05. The van der Waals surface area contributed by atoms with Crippen molar-refractivity contribution in [1.29, 1.82) is 0 Å². The number of rotatable bonds is 4. The van der Waals surface area contributed by atoms with Crippen LogP contribution in [0.2, 0.25) is 0 Å². The molecule has 1 aliphatic rings. The minimum atomic E-state index is 0.413. The monoisotopic (exact) mass is 183 g/mol. The zero-order chi connectivity index (χ0) is 9.84. The molecule has 2 nitrogen and oxygen atoms in total. The molecule has 1 aliphatic heterocycles. The summed E-state index contributed by atoms with van der Waals surface area (Å²) in [7, 11) is 0. The highest BCUT2D eigenvalue weighted by atomic mass is 16.1. The predicted molar refractivity (Wildman–Crippen MR) is 54.7 cm³/mol. The van der Waals surface area contributed by atoms with Gasteiger partial charge in [0.15, 0.2) is 0 Å². The van der Waals surface area contributed by atoms with Crippen molar-refractivity contribution < 1.29 is 4.79 Å². The molecule has 1 fully saturated rings. The van der Waals surface area contributed by atoms with Gasteiger partial charge in [-0.05, 0) is 25.7 Å². The van der Waals surface area contributed by atoms with Gasteiger partial charge in [0.2, 0.25) is 0 Å². The second-order valence-electron chi connectivity index (χ2n) is 4.58. The van der Waals surface area contributed by atoms with Crippen LogP contribution in [0.1, 0.15) is 40.0 Å². The minimum Gasteiger partial charge on any atom is -0.298 e. The van der Waals surface area contributed by atoms with E-state index in [-0.39, 0.29) is 0 Å². The van der Waals surface area contributed by atoms with Gasteiger partial charge in [-0.2, -0.15) is 0 Å². The van der Waals surface area contributed by atoms with Crippen LogP contribution >= 0.6 is 0 Å². The molecular formula is C11H21NO. The maximum absolute atomic E-state index is 11.1. The van der Waals surface area contributed by atoms with Crippen LogP contribution in [0.4, 0.5) is 0 Å². The van der Waals surface area contributed by atoms with E-state index in [9.17, 15) is 4.79 Å². The zero-order valence-electron chi connectivity index (χ0n) is 9.05. The van der Waals surface area contributed by atoms with Gasteiger partial charge in [-0.15, -0.1) is 0 Å². The molecule has 1 saturated heterocycles. The Balaban J connectivity index is 2.23. The molecule has 2 heteroatoms. The summed E-state index contributed by atoms with van der Waals surface area (Å²) in [4.78, 5) is 13.4. The average molecular weight is 183 g/mol. The molecule has 0 saturated carbocycles. The van der Waals surface area contributed by atoms with E-state index in [1.54, 1.807) is 0 Å². The van der Waals surface area contributed by atoms with Crippen LogP contribution in [0.25, 0.3) is 0 Å². The van der Waals surface area contributed by atoms with Crippen molar-refractivity contribution in [3.8, 4) is 0 Å². The molecular weight excluding hydrogens is 162 g/mol. The number of hydrogen-bond donors (Lipinski definition) is 0. The quantitative estimate of drug-likeness (QED) is 0.665. The van der Waals surface area contributed by atoms with Gasteiger partial charge in [-0.1, -0.05) is 13.8 Å². The fraction of sp³-hybridized carbons (Fsp3) is 0.909. The van der Waals surface area contributed by atoms with Crippen molar-refractivity contribution in [3.63, 3.8) is 0 Å². The van der Waals surface area contributed by atoms with E-state index in [4.69, 9.17) is 0 Å². The summed E-state index contributed by atoms with van der Waals surface area (Å²) in [5.74, 6) is 1.19. The van der Waals surface area contributed by atoms with Gasteiger partial charge in [0.25, 0.3) is 0 Å². The van der Waals surface area contributed by atoms with Crippen molar-refractivity contribution in [2.75, 3.05) is 13.1 Å². The van der Waals surface area contributed by atoms with E-state index in [0.717, 1.165) is 18.9 Å². The van der Waals surface area contributed by atoms with Gasteiger partial charge in [0.1, 0.15) is 5.78 Å². The Morgan fingerprint density at radius 1 is 1.31 bits per heavy atom. The molecule has 1 atom stereocenters. The van der Waals surface area contributed by atoms with Crippen LogP contribution in [0, 0.1) is 5.92 Å². The standard InChI is InChI=1S/C11H21NO/c1-9(2)4-5-10(3)12-7-6-11(13)8-12/h9-10H,4-8H2,1-3H3. The highest BCUT2D eigenvalue weighted by Crippen LogP contribution is 2.15. The SMILES string of the molecule is CC(C)CCC(C)N1CCC(=O)C1. The van der Waals surface area contributed by atoms with Gasteiger partial charge in [0, 0.05) is 19.0 Å². The lowest BCUT2D eigenvalue weighted by molar-refractivity contribution is -0.117. The average Bonchev–Trinajstić information content (AvgIpc) is 2.47. The fourth-order valence-corrected chi connectivity index (χ4v) is 1.79. The summed E-state index contributed by atoms with van der Waals surface area (Å²) >= 11 is 0. The minimum absolute atomic E-state index is 0.413. The molecule has 0 N–H and O–H groups in total. The lowest BCUT2D eigenvalue weighted by atomic mass is 10.0.